The van der Waals surface area contributed by atoms with Crippen molar-refractivity contribution in [2.45, 2.75) is 52.7 Å². The summed E-state index contributed by atoms with van der Waals surface area (Å²) in [6.45, 7) is 9.47. The lowest BCUT2D eigenvalue weighted by atomic mass is 9.77. The number of carbonyl (C=O) groups excluding carboxylic acids is 1. The van der Waals surface area contributed by atoms with Crippen LogP contribution in [-0.2, 0) is 0 Å². The zero-order valence-corrected chi connectivity index (χ0v) is 17.6. The SMILES string of the molecule is Cc1cnc(C)c(N2C[C@H]3C[C@H](O)[C@@H](NC(=O)c4sc(C)nc4C)C[C@H]3C2)n1. The average molecular weight is 402 g/mol. The number of hydrogen-bond acceptors (Lipinski definition) is 7. The molecule has 28 heavy (non-hydrogen) atoms. The maximum atomic E-state index is 12.7. The van der Waals surface area contributed by atoms with Crippen molar-refractivity contribution in [2.75, 3.05) is 18.0 Å². The Labute approximate surface area is 169 Å². The Balaban J connectivity index is 1.45. The number of nitrogens with zero attached hydrogens (tertiary/aromatic N) is 4. The van der Waals surface area contributed by atoms with Crippen molar-refractivity contribution in [3.63, 3.8) is 0 Å². The third kappa shape index (κ3) is 3.63. The summed E-state index contributed by atoms with van der Waals surface area (Å²) in [5.41, 5.74) is 2.60. The molecule has 2 fully saturated rings. The van der Waals surface area contributed by atoms with Crippen molar-refractivity contribution in [1.82, 2.24) is 20.3 Å². The lowest BCUT2D eigenvalue weighted by Gasteiger charge is -2.35. The number of hydrogen-bond donors (Lipinski definition) is 2. The highest BCUT2D eigenvalue weighted by atomic mass is 32.1. The van der Waals surface area contributed by atoms with Crippen LogP contribution >= 0.6 is 11.3 Å². The van der Waals surface area contributed by atoms with E-state index in [1.165, 1.54) is 11.3 Å². The molecule has 1 amide bonds. The van der Waals surface area contributed by atoms with Crippen LogP contribution in [0.1, 0.15) is 44.6 Å². The van der Waals surface area contributed by atoms with Crippen LogP contribution in [0.25, 0.3) is 0 Å². The Morgan fingerprint density at radius 3 is 2.54 bits per heavy atom. The Hall–Kier alpha value is -2.06. The lowest BCUT2D eigenvalue weighted by Crippen LogP contribution is -2.49. The minimum atomic E-state index is -0.524. The van der Waals surface area contributed by atoms with Gasteiger partial charge in [-0.05, 0) is 52.4 Å². The van der Waals surface area contributed by atoms with Crippen molar-refractivity contribution in [1.29, 1.82) is 0 Å². The number of aryl methyl sites for hydroxylation is 4. The third-order valence-electron chi connectivity index (χ3n) is 5.92. The predicted octanol–water partition coefficient (Wildman–Crippen LogP) is 2.17. The van der Waals surface area contributed by atoms with Gasteiger partial charge in [0.05, 0.1) is 34.2 Å². The Morgan fingerprint density at radius 1 is 1.14 bits per heavy atom. The molecule has 0 spiro atoms. The van der Waals surface area contributed by atoms with Gasteiger partial charge in [-0.1, -0.05) is 0 Å². The van der Waals surface area contributed by atoms with Gasteiger partial charge in [-0.25, -0.2) is 9.97 Å². The van der Waals surface area contributed by atoms with Crippen molar-refractivity contribution in [3.8, 4) is 0 Å². The standard InChI is InChI=1S/C20H27N5O2S/c1-10-7-21-12(3)19(22-10)25-8-14-5-16(17(26)6-15(14)9-25)24-20(27)18-11(2)23-13(4)28-18/h7,14-17,26H,5-6,8-9H2,1-4H3,(H,24,27)/t14-,15+,16-,17-/m0/s1. The van der Waals surface area contributed by atoms with Crippen LogP contribution in [0.4, 0.5) is 5.82 Å². The van der Waals surface area contributed by atoms with Crippen molar-refractivity contribution in [3.05, 3.63) is 33.2 Å². The van der Waals surface area contributed by atoms with Crippen LogP contribution in [0.3, 0.4) is 0 Å². The average Bonchev–Trinajstić information content (AvgIpc) is 3.19. The number of aliphatic hydroxyl groups is 1. The van der Waals surface area contributed by atoms with Crippen molar-refractivity contribution in [2.24, 2.45) is 11.8 Å². The number of nitrogens with one attached hydrogen (secondary N) is 1. The maximum absolute atomic E-state index is 12.7. The zero-order valence-electron chi connectivity index (χ0n) is 16.8. The van der Waals surface area contributed by atoms with Crippen LogP contribution < -0.4 is 10.2 Å². The predicted molar refractivity (Wildman–Crippen MR) is 109 cm³/mol. The number of anilines is 1. The summed E-state index contributed by atoms with van der Waals surface area (Å²) in [6.07, 6.45) is 2.75. The number of carbonyl (C=O) groups is 1. The molecule has 1 aliphatic heterocycles. The second-order valence-corrected chi connectivity index (χ2v) is 9.31. The first-order chi connectivity index (χ1) is 13.3. The number of fused-ring (bicyclic) bond motifs is 1. The minimum Gasteiger partial charge on any atom is -0.391 e. The van der Waals surface area contributed by atoms with Crippen LogP contribution in [-0.4, -0.2) is 51.2 Å². The molecule has 4 atom stereocenters. The van der Waals surface area contributed by atoms with Gasteiger partial charge in [0.15, 0.2) is 0 Å². The molecule has 0 unspecified atom stereocenters. The van der Waals surface area contributed by atoms with E-state index in [1.54, 1.807) is 6.20 Å². The quantitative estimate of drug-likeness (QED) is 0.819. The Kier molecular flexibility index (Phi) is 5.09. The molecule has 1 aliphatic carbocycles. The molecular weight excluding hydrogens is 374 g/mol. The van der Waals surface area contributed by atoms with E-state index in [0.29, 0.717) is 23.1 Å². The molecule has 0 radical (unpaired) electrons. The first kappa shape index (κ1) is 19.3. The summed E-state index contributed by atoms with van der Waals surface area (Å²) in [4.78, 5) is 29.1. The second-order valence-electron chi connectivity index (χ2n) is 8.11. The molecule has 0 bridgehead atoms. The third-order valence-corrected chi connectivity index (χ3v) is 6.99. The van der Waals surface area contributed by atoms with Gasteiger partial charge in [-0.3, -0.25) is 9.78 Å². The smallest absolute Gasteiger partial charge is 0.263 e. The van der Waals surface area contributed by atoms with Gasteiger partial charge in [0.25, 0.3) is 5.91 Å². The largest absolute Gasteiger partial charge is 0.391 e. The number of thiazole rings is 1. The van der Waals surface area contributed by atoms with E-state index in [0.717, 1.165) is 47.4 Å². The first-order valence-electron chi connectivity index (χ1n) is 9.80. The molecule has 7 nitrogen and oxygen atoms in total. The lowest BCUT2D eigenvalue weighted by molar-refractivity contribution is 0.0463. The van der Waals surface area contributed by atoms with E-state index < -0.39 is 6.10 Å². The molecular formula is C20H27N5O2S. The van der Waals surface area contributed by atoms with E-state index in [2.05, 4.69) is 25.2 Å². The van der Waals surface area contributed by atoms with Crippen LogP contribution in [0.5, 0.6) is 0 Å². The Morgan fingerprint density at radius 2 is 1.86 bits per heavy atom. The van der Waals surface area contributed by atoms with E-state index in [4.69, 9.17) is 0 Å². The van der Waals surface area contributed by atoms with Gasteiger partial charge in [-0.2, -0.15) is 0 Å². The fourth-order valence-corrected chi connectivity index (χ4v) is 5.38. The summed E-state index contributed by atoms with van der Waals surface area (Å²) in [5.74, 6) is 1.66. The fourth-order valence-electron chi connectivity index (χ4n) is 4.56. The first-order valence-corrected chi connectivity index (χ1v) is 10.6. The highest BCUT2D eigenvalue weighted by Gasteiger charge is 2.43. The molecule has 3 heterocycles. The number of amides is 1. The number of aromatic nitrogens is 3. The molecule has 1 saturated heterocycles. The van der Waals surface area contributed by atoms with E-state index in [1.807, 2.05) is 27.7 Å². The van der Waals surface area contributed by atoms with Crippen LogP contribution in [0.2, 0.25) is 0 Å². The summed E-state index contributed by atoms with van der Waals surface area (Å²) < 4.78 is 0. The summed E-state index contributed by atoms with van der Waals surface area (Å²) in [7, 11) is 0. The Bertz CT molecular complexity index is 899. The zero-order chi connectivity index (χ0) is 20.0. The van der Waals surface area contributed by atoms with Crippen LogP contribution in [0.15, 0.2) is 6.20 Å². The number of aliphatic hydroxyl groups excluding tert-OH is 1. The fraction of sp³-hybridized carbons (Fsp3) is 0.600. The van der Waals surface area contributed by atoms with Crippen LogP contribution in [0, 0.1) is 39.5 Å². The maximum Gasteiger partial charge on any atom is 0.263 e. The van der Waals surface area contributed by atoms with Gasteiger partial charge in [-0.15, -0.1) is 11.3 Å². The topological polar surface area (TPSA) is 91.2 Å². The number of rotatable bonds is 3. The van der Waals surface area contributed by atoms with Gasteiger partial charge in [0, 0.05) is 19.3 Å². The summed E-state index contributed by atoms with van der Waals surface area (Å²) in [5, 5.41) is 14.6. The second kappa shape index (κ2) is 7.40. The van der Waals surface area contributed by atoms with Gasteiger partial charge >= 0.3 is 0 Å². The van der Waals surface area contributed by atoms with Crippen molar-refractivity contribution >= 4 is 23.1 Å². The minimum absolute atomic E-state index is 0.124. The summed E-state index contributed by atoms with van der Waals surface area (Å²) in [6, 6.07) is -0.222. The highest BCUT2D eigenvalue weighted by molar-refractivity contribution is 7.13. The van der Waals surface area contributed by atoms with E-state index in [-0.39, 0.29) is 11.9 Å². The molecule has 8 heteroatoms. The molecule has 150 valence electrons. The van der Waals surface area contributed by atoms with E-state index in [9.17, 15) is 9.90 Å². The molecule has 4 rings (SSSR count). The molecule has 2 N–H and O–H groups in total. The molecule has 2 aromatic heterocycles. The molecule has 0 aromatic carbocycles. The van der Waals surface area contributed by atoms with Gasteiger partial charge < -0.3 is 15.3 Å². The monoisotopic (exact) mass is 401 g/mol. The van der Waals surface area contributed by atoms with Gasteiger partial charge in [0.1, 0.15) is 10.7 Å². The van der Waals surface area contributed by atoms with Gasteiger partial charge in [0.2, 0.25) is 0 Å². The normalized spacial score (nSPS) is 27.0. The van der Waals surface area contributed by atoms with E-state index >= 15 is 0 Å². The molecule has 1 saturated carbocycles. The molecule has 2 aliphatic rings. The highest BCUT2D eigenvalue weighted by Crippen LogP contribution is 2.38. The molecule has 2 aromatic rings. The van der Waals surface area contributed by atoms with Crippen molar-refractivity contribution < 1.29 is 9.90 Å². The summed E-state index contributed by atoms with van der Waals surface area (Å²) >= 11 is 1.40.